The number of anilines is 2. The summed E-state index contributed by atoms with van der Waals surface area (Å²) in [7, 11) is -3.76. The summed E-state index contributed by atoms with van der Waals surface area (Å²) in [6.45, 7) is 4.02. The van der Waals surface area contributed by atoms with Crippen molar-refractivity contribution in [3.8, 4) is 11.4 Å². The topological polar surface area (TPSA) is 117 Å². The standard InChI is InChI=1S/C24H23N5O3S/c1-16(2)22-26-23(28-27-22)20-10-6-7-11-21(20)25-24(30)17-12-14-19(15-13-17)33(31,32)29-18-8-4-3-5-9-18/h3-16,29H,1-2H3,(H,25,30)(H,26,27,28). The second-order valence-corrected chi connectivity index (χ2v) is 9.38. The van der Waals surface area contributed by atoms with E-state index in [0.29, 0.717) is 28.3 Å². The Labute approximate surface area is 192 Å². The molecule has 4 aromatic rings. The van der Waals surface area contributed by atoms with E-state index in [1.165, 1.54) is 24.3 Å². The fourth-order valence-corrected chi connectivity index (χ4v) is 4.20. The van der Waals surface area contributed by atoms with Crippen molar-refractivity contribution in [2.24, 2.45) is 0 Å². The molecule has 0 atom stereocenters. The number of rotatable bonds is 7. The monoisotopic (exact) mass is 461 g/mol. The molecule has 1 heterocycles. The number of aromatic amines is 1. The van der Waals surface area contributed by atoms with Crippen molar-refractivity contribution in [2.45, 2.75) is 24.7 Å². The Morgan fingerprint density at radius 3 is 2.24 bits per heavy atom. The van der Waals surface area contributed by atoms with E-state index in [1.54, 1.807) is 42.5 Å². The van der Waals surface area contributed by atoms with Crippen molar-refractivity contribution >= 4 is 27.3 Å². The molecular formula is C24H23N5O3S. The molecule has 8 nitrogen and oxygen atoms in total. The molecule has 0 aliphatic rings. The molecule has 0 radical (unpaired) electrons. The van der Waals surface area contributed by atoms with Crippen LogP contribution in [0.15, 0.2) is 83.8 Å². The summed E-state index contributed by atoms with van der Waals surface area (Å²) in [6.07, 6.45) is 0. The van der Waals surface area contributed by atoms with Crippen LogP contribution in [-0.2, 0) is 10.0 Å². The van der Waals surface area contributed by atoms with E-state index in [0.717, 1.165) is 5.82 Å². The lowest BCUT2D eigenvalue weighted by Gasteiger charge is -2.10. The molecule has 33 heavy (non-hydrogen) atoms. The molecule has 1 aromatic heterocycles. The minimum absolute atomic E-state index is 0.0604. The molecule has 3 N–H and O–H groups in total. The number of H-pyrrole nitrogens is 1. The van der Waals surface area contributed by atoms with Crippen LogP contribution in [0.1, 0.15) is 35.9 Å². The van der Waals surface area contributed by atoms with Gasteiger partial charge in [-0.2, -0.15) is 5.10 Å². The molecule has 168 valence electrons. The number of aromatic nitrogens is 3. The first-order valence-electron chi connectivity index (χ1n) is 10.3. The summed E-state index contributed by atoms with van der Waals surface area (Å²) in [5.74, 6) is 1.07. The van der Waals surface area contributed by atoms with Crippen LogP contribution in [0.2, 0.25) is 0 Å². The van der Waals surface area contributed by atoms with E-state index in [9.17, 15) is 13.2 Å². The highest BCUT2D eigenvalue weighted by Gasteiger charge is 2.17. The van der Waals surface area contributed by atoms with Gasteiger partial charge < -0.3 is 5.32 Å². The predicted octanol–water partition coefficient (Wildman–Crippen LogP) is 4.65. The Morgan fingerprint density at radius 2 is 1.58 bits per heavy atom. The lowest BCUT2D eigenvalue weighted by molar-refractivity contribution is 0.102. The highest BCUT2D eigenvalue weighted by molar-refractivity contribution is 7.92. The SMILES string of the molecule is CC(C)c1nc(-c2ccccc2NC(=O)c2ccc(S(=O)(=O)Nc3ccccc3)cc2)n[nH]1. The van der Waals surface area contributed by atoms with E-state index in [-0.39, 0.29) is 16.7 Å². The molecule has 9 heteroatoms. The molecule has 1 amide bonds. The van der Waals surface area contributed by atoms with Crippen LogP contribution in [0, 0.1) is 0 Å². The van der Waals surface area contributed by atoms with Crippen LogP contribution in [0.5, 0.6) is 0 Å². The van der Waals surface area contributed by atoms with Crippen LogP contribution in [0.25, 0.3) is 11.4 Å². The number of benzene rings is 3. The van der Waals surface area contributed by atoms with Gasteiger partial charge in [-0.15, -0.1) is 0 Å². The maximum Gasteiger partial charge on any atom is 0.261 e. The average molecular weight is 462 g/mol. The lowest BCUT2D eigenvalue weighted by Crippen LogP contribution is -2.15. The Morgan fingerprint density at radius 1 is 0.909 bits per heavy atom. The number of carbonyl (C=O) groups is 1. The number of para-hydroxylation sites is 2. The van der Waals surface area contributed by atoms with Crippen molar-refractivity contribution in [2.75, 3.05) is 10.0 Å². The number of sulfonamides is 1. The molecular weight excluding hydrogens is 438 g/mol. The number of nitrogens with zero attached hydrogens (tertiary/aromatic N) is 2. The third-order valence-electron chi connectivity index (χ3n) is 4.92. The lowest BCUT2D eigenvalue weighted by atomic mass is 10.1. The summed E-state index contributed by atoms with van der Waals surface area (Å²) < 4.78 is 27.7. The van der Waals surface area contributed by atoms with Gasteiger partial charge in [-0.05, 0) is 48.5 Å². The Balaban J connectivity index is 1.52. The van der Waals surface area contributed by atoms with Crippen LogP contribution >= 0.6 is 0 Å². The van der Waals surface area contributed by atoms with Gasteiger partial charge in [0.15, 0.2) is 5.82 Å². The van der Waals surface area contributed by atoms with Crippen LogP contribution < -0.4 is 10.0 Å². The highest BCUT2D eigenvalue weighted by atomic mass is 32.2. The molecule has 4 rings (SSSR count). The van der Waals surface area contributed by atoms with Crippen molar-refractivity contribution in [1.29, 1.82) is 0 Å². The van der Waals surface area contributed by atoms with E-state index in [2.05, 4.69) is 25.2 Å². The molecule has 0 unspecified atom stereocenters. The zero-order chi connectivity index (χ0) is 23.4. The first-order chi connectivity index (χ1) is 15.8. The molecule has 0 saturated heterocycles. The van der Waals surface area contributed by atoms with Crippen LogP contribution in [0.3, 0.4) is 0 Å². The summed E-state index contributed by atoms with van der Waals surface area (Å²) in [5.41, 5.74) is 2.02. The summed E-state index contributed by atoms with van der Waals surface area (Å²) >= 11 is 0. The summed E-state index contributed by atoms with van der Waals surface area (Å²) in [5, 5.41) is 10.0. The highest BCUT2D eigenvalue weighted by Crippen LogP contribution is 2.26. The van der Waals surface area contributed by atoms with Gasteiger partial charge in [-0.3, -0.25) is 14.6 Å². The van der Waals surface area contributed by atoms with Gasteiger partial charge in [0.2, 0.25) is 0 Å². The van der Waals surface area contributed by atoms with Gasteiger partial charge in [0, 0.05) is 22.7 Å². The molecule has 0 aliphatic carbocycles. The largest absolute Gasteiger partial charge is 0.321 e. The number of amides is 1. The molecule has 0 fully saturated rings. The van der Waals surface area contributed by atoms with Gasteiger partial charge in [0.05, 0.1) is 10.6 Å². The first kappa shape index (κ1) is 22.2. The molecule has 0 aliphatic heterocycles. The third-order valence-corrected chi connectivity index (χ3v) is 6.32. The number of carbonyl (C=O) groups excluding carboxylic acids is 1. The van der Waals surface area contributed by atoms with Gasteiger partial charge in [-0.1, -0.05) is 44.2 Å². The fraction of sp³-hybridized carbons (Fsp3) is 0.125. The van der Waals surface area contributed by atoms with Crippen LogP contribution in [0.4, 0.5) is 11.4 Å². The van der Waals surface area contributed by atoms with Crippen LogP contribution in [-0.4, -0.2) is 29.5 Å². The van der Waals surface area contributed by atoms with Gasteiger partial charge >= 0.3 is 0 Å². The maximum atomic E-state index is 12.8. The summed E-state index contributed by atoms with van der Waals surface area (Å²) in [4.78, 5) is 17.4. The van der Waals surface area contributed by atoms with Crippen molar-refractivity contribution < 1.29 is 13.2 Å². The predicted molar refractivity (Wildman–Crippen MR) is 128 cm³/mol. The minimum Gasteiger partial charge on any atom is -0.321 e. The Kier molecular flexibility index (Phi) is 6.23. The van der Waals surface area contributed by atoms with Crippen molar-refractivity contribution in [3.63, 3.8) is 0 Å². The zero-order valence-electron chi connectivity index (χ0n) is 18.1. The number of hydrogen-bond acceptors (Lipinski definition) is 5. The molecule has 0 saturated carbocycles. The normalized spacial score (nSPS) is 11.4. The van der Waals surface area contributed by atoms with E-state index in [4.69, 9.17) is 0 Å². The third kappa shape index (κ3) is 5.09. The fourth-order valence-electron chi connectivity index (χ4n) is 3.14. The molecule has 0 spiro atoms. The zero-order valence-corrected chi connectivity index (χ0v) is 18.9. The van der Waals surface area contributed by atoms with E-state index < -0.39 is 10.0 Å². The Bertz CT molecular complexity index is 1360. The number of hydrogen-bond donors (Lipinski definition) is 3. The minimum atomic E-state index is -3.76. The van der Waals surface area contributed by atoms with Gasteiger partial charge in [-0.25, -0.2) is 13.4 Å². The van der Waals surface area contributed by atoms with Crippen molar-refractivity contribution in [3.05, 3.63) is 90.3 Å². The van der Waals surface area contributed by atoms with Gasteiger partial charge in [0.25, 0.3) is 15.9 Å². The van der Waals surface area contributed by atoms with Gasteiger partial charge in [0.1, 0.15) is 5.82 Å². The summed E-state index contributed by atoms with van der Waals surface area (Å²) in [6, 6.07) is 21.6. The second kappa shape index (κ2) is 9.25. The molecule has 0 bridgehead atoms. The smallest absolute Gasteiger partial charge is 0.261 e. The molecule has 3 aromatic carbocycles. The van der Waals surface area contributed by atoms with Crippen molar-refractivity contribution in [1.82, 2.24) is 15.2 Å². The van der Waals surface area contributed by atoms with E-state index >= 15 is 0 Å². The number of nitrogens with one attached hydrogen (secondary N) is 3. The Hall–Kier alpha value is -3.98. The van der Waals surface area contributed by atoms with E-state index in [1.807, 2.05) is 26.0 Å². The second-order valence-electron chi connectivity index (χ2n) is 7.69. The maximum absolute atomic E-state index is 12.8. The quantitative estimate of drug-likeness (QED) is 0.370. The average Bonchev–Trinajstić information content (AvgIpc) is 3.30. The first-order valence-corrected chi connectivity index (χ1v) is 11.8.